The van der Waals surface area contributed by atoms with Crippen LogP contribution in [-0.2, 0) is 16.1 Å². The number of carbonyl (C=O) groups is 1. The van der Waals surface area contributed by atoms with E-state index in [1.165, 1.54) is 19.8 Å². The van der Waals surface area contributed by atoms with Crippen molar-refractivity contribution in [2.45, 2.75) is 32.4 Å². The normalized spacial score (nSPS) is 15.7. The third-order valence-electron chi connectivity index (χ3n) is 3.38. The lowest BCUT2D eigenvalue weighted by Gasteiger charge is -2.14. The Morgan fingerprint density at radius 2 is 2.19 bits per heavy atom. The predicted octanol–water partition coefficient (Wildman–Crippen LogP) is 1.52. The van der Waals surface area contributed by atoms with Crippen LogP contribution in [0.15, 0.2) is 24.3 Å². The fourth-order valence-electron chi connectivity index (χ4n) is 2.07. The molecule has 116 valence electrons. The van der Waals surface area contributed by atoms with Gasteiger partial charge in [-0.3, -0.25) is 4.79 Å². The second-order valence-corrected chi connectivity index (χ2v) is 5.60. The Labute approximate surface area is 125 Å². The van der Waals surface area contributed by atoms with E-state index in [0.29, 0.717) is 19.7 Å². The van der Waals surface area contributed by atoms with Gasteiger partial charge in [-0.15, -0.1) is 0 Å². The summed E-state index contributed by atoms with van der Waals surface area (Å²) in [7, 11) is 0. The summed E-state index contributed by atoms with van der Waals surface area (Å²) in [6.45, 7) is 3.69. The Morgan fingerprint density at radius 3 is 2.90 bits per heavy atom. The molecule has 0 aliphatic heterocycles. The molecular formula is C16H24N2O3. The molecule has 5 nitrogen and oxygen atoms in total. The van der Waals surface area contributed by atoms with Gasteiger partial charge in [-0.25, -0.2) is 0 Å². The van der Waals surface area contributed by atoms with Crippen molar-refractivity contribution in [2.75, 3.05) is 25.1 Å². The van der Waals surface area contributed by atoms with Crippen LogP contribution in [0.3, 0.4) is 0 Å². The summed E-state index contributed by atoms with van der Waals surface area (Å²) in [6, 6.07) is 7.63. The van der Waals surface area contributed by atoms with Gasteiger partial charge in [0.1, 0.15) is 0 Å². The van der Waals surface area contributed by atoms with Gasteiger partial charge in [-0.1, -0.05) is 18.2 Å². The Morgan fingerprint density at radius 1 is 1.43 bits per heavy atom. The number of ether oxygens (including phenoxy) is 1. The summed E-state index contributed by atoms with van der Waals surface area (Å²) in [4.78, 5) is 11.1. The number of rotatable bonds is 9. The van der Waals surface area contributed by atoms with Crippen molar-refractivity contribution in [2.24, 2.45) is 5.92 Å². The molecule has 0 heterocycles. The van der Waals surface area contributed by atoms with E-state index >= 15 is 0 Å². The lowest BCUT2D eigenvalue weighted by Crippen LogP contribution is -2.30. The molecule has 1 amide bonds. The zero-order valence-corrected chi connectivity index (χ0v) is 12.5. The van der Waals surface area contributed by atoms with E-state index in [2.05, 4.69) is 10.6 Å². The maximum absolute atomic E-state index is 11.1. The van der Waals surface area contributed by atoms with Crippen LogP contribution < -0.4 is 10.6 Å². The van der Waals surface area contributed by atoms with E-state index in [4.69, 9.17) is 4.74 Å². The summed E-state index contributed by atoms with van der Waals surface area (Å²) >= 11 is 0. The molecule has 0 aromatic heterocycles. The van der Waals surface area contributed by atoms with E-state index in [-0.39, 0.29) is 5.91 Å². The lowest BCUT2D eigenvalue weighted by molar-refractivity contribution is -0.114. The SMILES string of the molecule is CC(=O)Nc1ccccc1CNCC(O)COCC1CC1. The molecule has 2 rings (SSSR count). The summed E-state index contributed by atoms with van der Waals surface area (Å²) in [5.41, 5.74) is 1.80. The minimum absolute atomic E-state index is 0.0871. The quantitative estimate of drug-likeness (QED) is 0.645. The molecular weight excluding hydrogens is 268 g/mol. The molecule has 1 aromatic carbocycles. The first-order chi connectivity index (χ1) is 10.1. The highest BCUT2D eigenvalue weighted by molar-refractivity contribution is 5.89. The molecule has 0 spiro atoms. The largest absolute Gasteiger partial charge is 0.389 e. The maximum atomic E-state index is 11.1. The molecule has 1 unspecified atom stereocenters. The number of hydrogen-bond acceptors (Lipinski definition) is 4. The molecule has 1 aromatic rings. The number of amides is 1. The summed E-state index contributed by atoms with van der Waals surface area (Å²) in [6.07, 6.45) is 2.01. The van der Waals surface area contributed by atoms with Crippen molar-refractivity contribution >= 4 is 11.6 Å². The highest BCUT2D eigenvalue weighted by atomic mass is 16.5. The number of carbonyl (C=O) groups excluding carboxylic acids is 1. The number of benzene rings is 1. The number of aliphatic hydroxyl groups is 1. The summed E-state index contributed by atoms with van der Waals surface area (Å²) in [5.74, 6) is 0.630. The minimum atomic E-state index is -0.503. The molecule has 1 fully saturated rings. The van der Waals surface area contributed by atoms with Gasteiger partial charge in [0.25, 0.3) is 0 Å². The van der Waals surface area contributed by atoms with Gasteiger partial charge < -0.3 is 20.5 Å². The molecule has 0 bridgehead atoms. The average molecular weight is 292 g/mol. The fourth-order valence-corrected chi connectivity index (χ4v) is 2.07. The molecule has 1 saturated carbocycles. The Balaban J connectivity index is 1.68. The van der Waals surface area contributed by atoms with Crippen molar-refractivity contribution in [1.82, 2.24) is 5.32 Å². The van der Waals surface area contributed by atoms with Crippen molar-refractivity contribution in [3.8, 4) is 0 Å². The van der Waals surface area contributed by atoms with Gasteiger partial charge in [0, 0.05) is 32.3 Å². The van der Waals surface area contributed by atoms with Crippen LogP contribution >= 0.6 is 0 Å². The number of anilines is 1. The van der Waals surface area contributed by atoms with Gasteiger partial charge in [-0.05, 0) is 30.4 Å². The molecule has 3 N–H and O–H groups in total. The molecule has 0 saturated heterocycles. The summed E-state index contributed by atoms with van der Waals surface area (Å²) in [5, 5.41) is 15.8. The maximum Gasteiger partial charge on any atom is 0.221 e. The first kappa shape index (κ1) is 15.9. The molecule has 21 heavy (non-hydrogen) atoms. The minimum Gasteiger partial charge on any atom is -0.389 e. The van der Waals surface area contributed by atoms with E-state index < -0.39 is 6.10 Å². The van der Waals surface area contributed by atoms with Gasteiger partial charge >= 0.3 is 0 Å². The number of nitrogens with one attached hydrogen (secondary N) is 2. The van der Waals surface area contributed by atoms with E-state index in [1.54, 1.807) is 0 Å². The summed E-state index contributed by atoms with van der Waals surface area (Å²) < 4.78 is 5.45. The van der Waals surface area contributed by atoms with E-state index in [1.807, 2.05) is 24.3 Å². The van der Waals surface area contributed by atoms with Crippen LogP contribution in [0, 0.1) is 5.92 Å². The standard InChI is InChI=1S/C16H24N2O3/c1-12(19)18-16-5-3-2-4-14(16)8-17-9-15(20)11-21-10-13-6-7-13/h2-5,13,15,17,20H,6-11H2,1H3,(H,18,19). The zero-order valence-electron chi connectivity index (χ0n) is 12.5. The van der Waals surface area contributed by atoms with Crippen molar-refractivity contribution in [3.05, 3.63) is 29.8 Å². The Bertz CT molecular complexity index is 461. The molecule has 0 radical (unpaired) electrons. The molecule has 1 aliphatic carbocycles. The van der Waals surface area contributed by atoms with Crippen LogP contribution in [0.5, 0.6) is 0 Å². The first-order valence-electron chi connectivity index (χ1n) is 7.47. The van der Waals surface area contributed by atoms with Crippen LogP contribution in [0.1, 0.15) is 25.3 Å². The third-order valence-corrected chi connectivity index (χ3v) is 3.38. The first-order valence-corrected chi connectivity index (χ1v) is 7.47. The Kier molecular flexibility index (Phi) is 6.17. The van der Waals surface area contributed by atoms with E-state index in [0.717, 1.165) is 23.8 Å². The second kappa shape index (κ2) is 8.12. The van der Waals surface area contributed by atoms with Gasteiger partial charge in [-0.2, -0.15) is 0 Å². The van der Waals surface area contributed by atoms with Crippen LogP contribution in [0.4, 0.5) is 5.69 Å². The lowest BCUT2D eigenvalue weighted by atomic mass is 10.1. The fraction of sp³-hybridized carbons (Fsp3) is 0.562. The highest BCUT2D eigenvalue weighted by Crippen LogP contribution is 2.28. The highest BCUT2D eigenvalue weighted by Gasteiger charge is 2.21. The number of para-hydroxylation sites is 1. The number of hydrogen-bond donors (Lipinski definition) is 3. The van der Waals surface area contributed by atoms with Gasteiger partial charge in [0.05, 0.1) is 12.7 Å². The van der Waals surface area contributed by atoms with Crippen molar-refractivity contribution in [3.63, 3.8) is 0 Å². The molecule has 5 heteroatoms. The van der Waals surface area contributed by atoms with Crippen LogP contribution in [0.2, 0.25) is 0 Å². The van der Waals surface area contributed by atoms with Crippen LogP contribution in [-0.4, -0.2) is 36.9 Å². The van der Waals surface area contributed by atoms with Crippen molar-refractivity contribution < 1.29 is 14.6 Å². The Hall–Kier alpha value is -1.43. The predicted molar refractivity (Wildman–Crippen MR) is 82.0 cm³/mol. The second-order valence-electron chi connectivity index (χ2n) is 5.60. The van der Waals surface area contributed by atoms with Crippen molar-refractivity contribution in [1.29, 1.82) is 0 Å². The smallest absolute Gasteiger partial charge is 0.221 e. The van der Waals surface area contributed by atoms with Crippen LogP contribution in [0.25, 0.3) is 0 Å². The number of aliphatic hydroxyl groups excluding tert-OH is 1. The average Bonchev–Trinajstić information content (AvgIpc) is 3.24. The van der Waals surface area contributed by atoms with Gasteiger partial charge in [0.15, 0.2) is 0 Å². The molecule has 1 atom stereocenters. The zero-order chi connectivity index (χ0) is 15.1. The molecule has 1 aliphatic rings. The van der Waals surface area contributed by atoms with Gasteiger partial charge in [0.2, 0.25) is 5.91 Å². The topological polar surface area (TPSA) is 70.6 Å². The third kappa shape index (κ3) is 6.25. The monoisotopic (exact) mass is 292 g/mol. The van der Waals surface area contributed by atoms with E-state index in [9.17, 15) is 9.90 Å².